The van der Waals surface area contributed by atoms with Gasteiger partial charge in [-0.2, -0.15) is 0 Å². The van der Waals surface area contributed by atoms with Gasteiger partial charge in [-0.25, -0.2) is 0 Å². The molecule has 2 rings (SSSR count). The fourth-order valence-corrected chi connectivity index (χ4v) is 2.96. The second kappa shape index (κ2) is 6.95. The van der Waals surface area contributed by atoms with Gasteiger partial charge in [0.05, 0.1) is 0 Å². The summed E-state index contributed by atoms with van der Waals surface area (Å²) in [6.45, 7) is 3.10. The minimum absolute atomic E-state index is 0.281. The molecule has 0 saturated heterocycles. The Bertz CT molecular complexity index is 363. The van der Waals surface area contributed by atoms with Crippen molar-refractivity contribution in [1.82, 2.24) is 0 Å². The lowest BCUT2D eigenvalue weighted by Gasteiger charge is -2.24. The zero-order valence-electron chi connectivity index (χ0n) is 12.4. The first kappa shape index (κ1) is 14.4. The second-order valence-corrected chi connectivity index (χ2v) is 6.11. The Labute approximate surface area is 118 Å². The molecule has 1 aliphatic rings. The first-order valence-corrected chi connectivity index (χ1v) is 7.73. The molecular formula is C17H28N2. The van der Waals surface area contributed by atoms with E-state index < -0.39 is 0 Å². The minimum atomic E-state index is 0.281. The van der Waals surface area contributed by atoms with Crippen LogP contribution in [0.25, 0.3) is 0 Å². The Morgan fingerprint density at radius 2 is 1.79 bits per heavy atom. The first-order valence-electron chi connectivity index (χ1n) is 7.73. The highest BCUT2D eigenvalue weighted by Gasteiger charge is 2.15. The number of anilines is 1. The van der Waals surface area contributed by atoms with Crippen LogP contribution in [0.1, 0.15) is 56.9 Å². The standard InChI is InChI=1S/C17H28N2/c1-14(18)12-13-19(2)17-10-8-16(9-11-17)15-6-4-3-5-7-15/h8-11,14-15H,3-7,12-13,18H2,1-2H3. The molecule has 2 nitrogen and oxygen atoms in total. The molecular weight excluding hydrogens is 232 g/mol. The molecule has 0 bridgehead atoms. The van der Waals surface area contributed by atoms with Crippen molar-refractivity contribution in [3.8, 4) is 0 Å². The molecule has 1 aromatic rings. The summed E-state index contributed by atoms with van der Waals surface area (Å²) in [5.74, 6) is 0.803. The summed E-state index contributed by atoms with van der Waals surface area (Å²) < 4.78 is 0. The van der Waals surface area contributed by atoms with Gasteiger partial charge < -0.3 is 10.6 Å². The van der Waals surface area contributed by atoms with Gasteiger partial charge in [-0.15, -0.1) is 0 Å². The highest BCUT2D eigenvalue weighted by Crippen LogP contribution is 2.33. The summed E-state index contributed by atoms with van der Waals surface area (Å²) in [6.07, 6.45) is 8.02. The Hall–Kier alpha value is -1.02. The van der Waals surface area contributed by atoms with Gasteiger partial charge in [0.2, 0.25) is 0 Å². The average Bonchev–Trinajstić information content (AvgIpc) is 2.46. The van der Waals surface area contributed by atoms with E-state index in [1.165, 1.54) is 43.4 Å². The smallest absolute Gasteiger partial charge is 0.0363 e. The van der Waals surface area contributed by atoms with Crippen LogP contribution in [-0.4, -0.2) is 19.6 Å². The number of hydrogen-bond donors (Lipinski definition) is 1. The SMILES string of the molecule is CC(N)CCN(C)c1ccc(C2CCCCC2)cc1. The third-order valence-corrected chi connectivity index (χ3v) is 4.33. The Morgan fingerprint density at radius 1 is 1.16 bits per heavy atom. The second-order valence-electron chi connectivity index (χ2n) is 6.11. The topological polar surface area (TPSA) is 29.3 Å². The van der Waals surface area contributed by atoms with Crippen LogP contribution in [0.4, 0.5) is 5.69 Å². The molecule has 1 fully saturated rings. The fraction of sp³-hybridized carbons (Fsp3) is 0.647. The lowest BCUT2D eigenvalue weighted by molar-refractivity contribution is 0.443. The maximum Gasteiger partial charge on any atom is 0.0363 e. The number of nitrogens with two attached hydrogens (primary N) is 1. The van der Waals surface area contributed by atoms with E-state index in [9.17, 15) is 0 Å². The van der Waals surface area contributed by atoms with Gasteiger partial charge in [0.15, 0.2) is 0 Å². The van der Waals surface area contributed by atoms with Crippen molar-refractivity contribution < 1.29 is 0 Å². The van der Waals surface area contributed by atoms with Crippen molar-refractivity contribution in [2.24, 2.45) is 5.73 Å². The van der Waals surface area contributed by atoms with Gasteiger partial charge in [0, 0.05) is 25.3 Å². The van der Waals surface area contributed by atoms with Crippen molar-refractivity contribution >= 4 is 5.69 Å². The van der Waals surface area contributed by atoms with Crippen LogP contribution in [0.2, 0.25) is 0 Å². The third-order valence-electron chi connectivity index (χ3n) is 4.33. The molecule has 0 heterocycles. The largest absolute Gasteiger partial charge is 0.375 e. The molecule has 106 valence electrons. The molecule has 0 radical (unpaired) electrons. The van der Waals surface area contributed by atoms with Crippen molar-refractivity contribution in [2.75, 3.05) is 18.5 Å². The van der Waals surface area contributed by atoms with Gasteiger partial charge in [-0.1, -0.05) is 31.4 Å². The predicted octanol–water partition coefficient (Wildman–Crippen LogP) is 3.91. The van der Waals surface area contributed by atoms with Crippen LogP contribution in [0.15, 0.2) is 24.3 Å². The Balaban J connectivity index is 1.93. The number of nitrogens with zero attached hydrogens (tertiary/aromatic N) is 1. The molecule has 1 saturated carbocycles. The lowest BCUT2D eigenvalue weighted by atomic mass is 9.84. The van der Waals surface area contributed by atoms with E-state index >= 15 is 0 Å². The summed E-state index contributed by atoms with van der Waals surface area (Å²) in [7, 11) is 2.15. The van der Waals surface area contributed by atoms with Gasteiger partial charge in [0.25, 0.3) is 0 Å². The van der Waals surface area contributed by atoms with Crippen molar-refractivity contribution in [2.45, 2.75) is 57.4 Å². The molecule has 19 heavy (non-hydrogen) atoms. The summed E-state index contributed by atoms with van der Waals surface area (Å²) in [4.78, 5) is 2.30. The summed E-state index contributed by atoms with van der Waals surface area (Å²) in [5.41, 5.74) is 8.65. The van der Waals surface area contributed by atoms with Crippen LogP contribution >= 0.6 is 0 Å². The zero-order valence-corrected chi connectivity index (χ0v) is 12.4. The molecule has 1 aromatic carbocycles. The molecule has 0 spiro atoms. The highest BCUT2D eigenvalue weighted by molar-refractivity contribution is 5.47. The van der Waals surface area contributed by atoms with E-state index in [1.807, 2.05) is 0 Å². The van der Waals surface area contributed by atoms with Crippen molar-refractivity contribution in [1.29, 1.82) is 0 Å². The van der Waals surface area contributed by atoms with E-state index in [1.54, 1.807) is 0 Å². The maximum absolute atomic E-state index is 5.81. The van der Waals surface area contributed by atoms with Crippen LogP contribution in [0, 0.1) is 0 Å². The first-order chi connectivity index (χ1) is 9.16. The summed E-state index contributed by atoms with van der Waals surface area (Å²) in [5, 5.41) is 0. The van der Waals surface area contributed by atoms with Crippen LogP contribution in [-0.2, 0) is 0 Å². The van der Waals surface area contributed by atoms with Gasteiger partial charge in [-0.3, -0.25) is 0 Å². The molecule has 1 unspecified atom stereocenters. The minimum Gasteiger partial charge on any atom is -0.375 e. The highest BCUT2D eigenvalue weighted by atomic mass is 15.1. The van der Waals surface area contributed by atoms with Crippen LogP contribution < -0.4 is 10.6 Å². The maximum atomic E-state index is 5.81. The molecule has 2 N–H and O–H groups in total. The van der Waals surface area contributed by atoms with E-state index in [0.29, 0.717) is 0 Å². The number of rotatable bonds is 5. The average molecular weight is 260 g/mol. The summed E-state index contributed by atoms with van der Waals surface area (Å²) in [6, 6.07) is 9.47. The Kier molecular flexibility index (Phi) is 5.26. The zero-order chi connectivity index (χ0) is 13.7. The molecule has 1 atom stereocenters. The van der Waals surface area contributed by atoms with Gasteiger partial charge in [0.1, 0.15) is 0 Å². The van der Waals surface area contributed by atoms with Gasteiger partial charge >= 0.3 is 0 Å². The van der Waals surface area contributed by atoms with E-state index in [-0.39, 0.29) is 6.04 Å². The fourth-order valence-electron chi connectivity index (χ4n) is 2.96. The monoisotopic (exact) mass is 260 g/mol. The third kappa shape index (κ3) is 4.24. The van der Waals surface area contributed by atoms with E-state index in [4.69, 9.17) is 5.73 Å². The Morgan fingerprint density at radius 3 is 2.37 bits per heavy atom. The van der Waals surface area contributed by atoms with Crippen LogP contribution in [0.3, 0.4) is 0 Å². The quantitative estimate of drug-likeness (QED) is 0.869. The van der Waals surface area contributed by atoms with Crippen molar-refractivity contribution in [3.63, 3.8) is 0 Å². The molecule has 2 heteroatoms. The molecule has 0 aromatic heterocycles. The molecule has 1 aliphatic carbocycles. The number of benzene rings is 1. The predicted molar refractivity (Wildman–Crippen MR) is 83.8 cm³/mol. The molecule has 0 aliphatic heterocycles. The lowest BCUT2D eigenvalue weighted by Crippen LogP contribution is -2.25. The molecule has 0 amide bonds. The summed E-state index contributed by atoms with van der Waals surface area (Å²) >= 11 is 0. The van der Waals surface area contributed by atoms with Gasteiger partial charge in [-0.05, 0) is 49.8 Å². The van der Waals surface area contributed by atoms with E-state index in [0.717, 1.165) is 18.9 Å². The normalized spacial score (nSPS) is 18.3. The number of hydrogen-bond acceptors (Lipinski definition) is 2. The van der Waals surface area contributed by atoms with Crippen LogP contribution in [0.5, 0.6) is 0 Å². The van der Waals surface area contributed by atoms with E-state index in [2.05, 4.69) is 43.1 Å². The van der Waals surface area contributed by atoms with Crippen molar-refractivity contribution in [3.05, 3.63) is 29.8 Å².